The van der Waals surface area contributed by atoms with Gasteiger partial charge in [-0.05, 0) is 56.5 Å². The zero-order valence-electron chi connectivity index (χ0n) is 26.0. The Labute approximate surface area is 273 Å². The summed E-state index contributed by atoms with van der Waals surface area (Å²) >= 11 is 12.3. The lowest BCUT2D eigenvalue weighted by molar-refractivity contribution is -0.152. The van der Waals surface area contributed by atoms with Crippen LogP contribution in [0.3, 0.4) is 0 Å². The third-order valence-corrected chi connectivity index (χ3v) is 6.06. The number of hydrogen-bond donors (Lipinski definition) is 1. The molecule has 0 aromatic heterocycles. The van der Waals surface area contributed by atoms with Gasteiger partial charge in [0.25, 0.3) is 0 Å². The number of carbonyl (C=O) groups is 4. The molecule has 0 bridgehead atoms. The van der Waals surface area contributed by atoms with Gasteiger partial charge in [-0.15, -0.1) is 0 Å². The van der Waals surface area contributed by atoms with Gasteiger partial charge < -0.3 is 28.4 Å². The van der Waals surface area contributed by atoms with Gasteiger partial charge in [0.15, 0.2) is 36.2 Å². The summed E-state index contributed by atoms with van der Waals surface area (Å²) in [6, 6.07) is 6.10. The molecule has 0 saturated heterocycles. The minimum Gasteiger partial charge on any atom is -0.488 e. The maximum absolute atomic E-state index is 11.5. The molecule has 0 radical (unpaired) electrons. The van der Waals surface area contributed by atoms with Crippen LogP contribution in [-0.4, -0.2) is 74.5 Å². The van der Waals surface area contributed by atoms with Gasteiger partial charge in [-0.1, -0.05) is 49.9 Å². The molecule has 0 aliphatic rings. The molecule has 0 heterocycles. The predicted octanol–water partition coefficient (Wildman–Crippen LogP) is 6.08. The molecule has 14 heteroatoms. The number of carbonyl (C=O) groups excluding carboxylic acids is 4. The first-order valence-corrected chi connectivity index (χ1v) is 15.2. The van der Waals surface area contributed by atoms with Crippen LogP contribution in [0.25, 0.3) is 0 Å². The van der Waals surface area contributed by atoms with Crippen molar-refractivity contribution in [1.82, 2.24) is 5.06 Å². The lowest BCUT2D eigenvalue weighted by Crippen LogP contribution is -2.17. The Bertz CT molecular complexity index is 1230. The van der Waals surface area contributed by atoms with E-state index in [1.807, 2.05) is 13.8 Å². The van der Waals surface area contributed by atoms with Gasteiger partial charge in [-0.2, -0.15) is 0 Å². The lowest BCUT2D eigenvalue weighted by Gasteiger charge is -2.16. The quantitative estimate of drug-likeness (QED) is 0.0573. The third-order valence-electron chi connectivity index (χ3n) is 5.49. The van der Waals surface area contributed by atoms with Crippen molar-refractivity contribution in [3.05, 3.63) is 45.4 Å². The van der Waals surface area contributed by atoms with Gasteiger partial charge >= 0.3 is 11.9 Å². The highest BCUT2D eigenvalue weighted by Crippen LogP contribution is 2.38. The molecule has 0 atom stereocenters. The fraction of sp³-hybridized carbons (Fsp3) is 0.484. The number of benzene rings is 2. The van der Waals surface area contributed by atoms with Crippen LogP contribution in [0.2, 0.25) is 10.0 Å². The third kappa shape index (κ3) is 15.2. The van der Waals surface area contributed by atoms with Crippen LogP contribution in [0.5, 0.6) is 23.0 Å². The van der Waals surface area contributed by atoms with Crippen molar-refractivity contribution in [3.8, 4) is 23.0 Å². The number of hydrogen-bond acceptors (Lipinski definition) is 11. The molecule has 0 aliphatic heterocycles. The lowest BCUT2D eigenvalue weighted by atomic mass is 10.2. The van der Waals surface area contributed by atoms with Crippen LogP contribution in [0.4, 0.5) is 0 Å². The minimum absolute atomic E-state index is 0.0752. The zero-order valence-corrected chi connectivity index (χ0v) is 27.5. The molecule has 0 aliphatic carbocycles. The average Bonchev–Trinajstić information content (AvgIpc) is 3.01. The van der Waals surface area contributed by atoms with E-state index in [0.29, 0.717) is 47.2 Å². The molecular weight excluding hydrogens is 633 g/mol. The summed E-state index contributed by atoms with van der Waals surface area (Å²) in [5, 5.41) is 10.3. The molecule has 2 aromatic carbocycles. The van der Waals surface area contributed by atoms with E-state index in [1.165, 1.54) is 12.1 Å². The summed E-state index contributed by atoms with van der Waals surface area (Å²) in [5.41, 5.74) is 0.873. The second-order valence-electron chi connectivity index (χ2n) is 9.15. The first-order valence-electron chi connectivity index (χ1n) is 14.5. The second kappa shape index (κ2) is 22.7. The number of amides is 1. The Balaban J connectivity index is 0.000000454. The van der Waals surface area contributed by atoms with E-state index >= 15 is 0 Å². The summed E-state index contributed by atoms with van der Waals surface area (Å²) in [6.45, 7) is 8.29. The highest BCUT2D eigenvalue weighted by molar-refractivity contribution is 6.32. The number of halogens is 2. The molecule has 12 nitrogen and oxygen atoms in total. The Morgan fingerprint density at radius 3 is 1.69 bits per heavy atom. The van der Waals surface area contributed by atoms with Crippen LogP contribution < -0.4 is 18.9 Å². The van der Waals surface area contributed by atoms with Crippen molar-refractivity contribution in [3.63, 3.8) is 0 Å². The van der Waals surface area contributed by atoms with E-state index in [9.17, 15) is 24.4 Å². The summed E-state index contributed by atoms with van der Waals surface area (Å²) in [7, 11) is 0. The Morgan fingerprint density at radius 1 is 0.756 bits per heavy atom. The van der Waals surface area contributed by atoms with Crippen LogP contribution in [0, 0.1) is 0 Å². The predicted molar refractivity (Wildman–Crippen MR) is 167 cm³/mol. The van der Waals surface area contributed by atoms with E-state index in [4.69, 9.17) is 51.6 Å². The van der Waals surface area contributed by atoms with Gasteiger partial charge in [0.1, 0.15) is 6.29 Å². The van der Waals surface area contributed by atoms with Gasteiger partial charge in [-0.25, -0.2) is 14.7 Å². The number of ether oxygens (including phenoxy) is 6. The van der Waals surface area contributed by atoms with Crippen molar-refractivity contribution in [1.29, 1.82) is 0 Å². The maximum atomic E-state index is 11.5. The molecule has 0 fully saturated rings. The van der Waals surface area contributed by atoms with E-state index in [-0.39, 0.29) is 60.9 Å². The fourth-order valence-corrected chi connectivity index (χ4v) is 3.97. The molecule has 2 rings (SSSR count). The van der Waals surface area contributed by atoms with Gasteiger partial charge in [0, 0.05) is 5.56 Å². The first kappa shape index (κ1) is 39.3. The fourth-order valence-electron chi connectivity index (χ4n) is 3.40. The summed E-state index contributed by atoms with van der Waals surface area (Å²) < 4.78 is 31.6. The monoisotopic (exact) mass is 673 g/mol. The number of rotatable bonds is 20. The molecule has 1 N–H and O–H groups in total. The number of unbranched alkanes of at least 4 members (excludes halogenated alkanes) is 2. The number of esters is 2. The molecule has 1 amide bonds. The molecule has 0 spiro atoms. The van der Waals surface area contributed by atoms with Crippen LogP contribution in [0.1, 0.15) is 69.3 Å². The standard InChI is InChI=1S/C16H22ClNO6.C15H19ClO5/c1-3-5-6-23-16-13(17)7-12(9-18(21)11-19)8-14(16)24-10-15(20)22-4-2;1-3-5-6-20-15-12(16)7-11(9-17)8-13(15)21-10-14(18)19-4-2/h7-8,11,21H,3-6,9-10H2,1-2H3;7-9H,3-6,10H2,1-2H3. The number of hydroxylamine groups is 2. The minimum atomic E-state index is -0.518. The Hall–Kier alpha value is -3.74. The summed E-state index contributed by atoms with van der Waals surface area (Å²) in [6.07, 6.45) is 4.56. The normalized spacial score (nSPS) is 10.1. The number of nitrogens with zero attached hydrogens (tertiary/aromatic N) is 1. The Morgan fingerprint density at radius 2 is 1.24 bits per heavy atom. The molecule has 2 aromatic rings. The van der Waals surface area contributed by atoms with Crippen molar-refractivity contribution >= 4 is 47.8 Å². The van der Waals surface area contributed by atoms with Gasteiger partial charge in [-0.3, -0.25) is 14.8 Å². The van der Waals surface area contributed by atoms with Crippen molar-refractivity contribution in [2.45, 2.75) is 59.9 Å². The summed E-state index contributed by atoms with van der Waals surface area (Å²) in [5.74, 6) is 0.142. The summed E-state index contributed by atoms with van der Waals surface area (Å²) in [4.78, 5) is 44.2. The van der Waals surface area contributed by atoms with Crippen molar-refractivity contribution < 1.29 is 52.8 Å². The van der Waals surface area contributed by atoms with E-state index < -0.39 is 11.9 Å². The van der Waals surface area contributed by atoms with Crippen molar-refractivity contribution in [2.75, 3.05) is 39.6 Å². The smallest absolute Gasteiger partial charge is 0.344 e. The highest BCUT2D eigenvalue weighted by atomic mass is 35.5. The molecule has 0 unspecified atom stereocenters. The molecule has 0 saturated carbocycles. The van der Waals surface area contributed by atoms with Gasteiger partial charge in [0.2, 0.25) is 6.41 Å². The largest absolute Gasteiger partial charge is 0.488 e. The number of aldehydes is 1. The van der Waals surface area contributed by atoms with E-state index in [2.05, 4.69) is 0 Å². The van der Waals surface area contributed by atoms with Crippen LogP contribution in [-0.2, 0) is 30.4 Å². The van der Waals surface area contributed by atoms with Crippen LogP contribution in [0.15, 0.2) is 24.3 Å². The SMILES string of the molecule is CCCCOc1c(Cl)cc(C=O)cc1OCC(=O)OCC.CCCCOc1c(Cl)cc(CN(O)C=O)cc1OCC(=O)OCC. The van der Waals surface area contributed by atoms with E-state index in [0.717, 1.165) is 25.7 Å². The first-order chi connectivity index (χ1) is 21.6. The molecule has 250 valence electrons. The Kier molecular flexibility index (Phi) is 19.8. The van der Waals surface area contributed by atoms with E-state index in [1.54, 1.807) is 26.0 Å². The second-order valence-corrected chi connectivity index (χ2v) is 9.96. The average molecular weight is 675 g/mol. The topological polar surface area (TPSA) is 147 Å². The molecule has 45 heavy (non-hydrogen) atoms. The maximum Gasteiger partial charge on any atom is 0.344 e. The van der Waals surface area contributed by atoms with Crippen LogP contribution >= 0.6 is 23.2 Å². The molecular formula is C31H41Cl2NO11. The zero-order chi connectivity index (χ0) is 33.6. The highest BCUT2D eigenvalue weighted by Gasteiger charge is 2.16. The van der Waals surface area contributed by atoms with Crippen molar-refractivity contribution in [2.24, 2.45) is 0 Å². The van der Waals surface area contributed by atoms with Gasteiger partial charge in [0.05, 0.1) is 43.0 Å².